The SMILES string of the molecule is CCN(CC1CCN(C(=O)C2CCCNC2)C1)CC(F)(F)F. The van der Waals surface area contributed by atoms with E-state index in [-0.39, 0.29) is 17.7 Å². The molecule has 2 saturated heterocycles. The number of likely N-dealkylation sites (tertiary alicyclic amines) is 1. The van der Waals surface area contributed by atoms with Gasteiger partial charge in [0, 0.05) is 26.2 Å². The number of alkyl halides is 3. The van der Waals surface area contributed by atoms with Gasteiger partial charge in [0.15, 0.2) is 0 Å². The quantitative estimate of drug-likeness (QED) is 0.837. The Bertz CT molecular complexity index is 370. The van der Waals surface area contributed by atoms with E-state index < -0.39 is 12.7 Å². The van der Waals surface area contributed by atoms with Crippen LogP contribution in [0.3, 0.4) is 0 Å². The van der Waals surface area contributed by atoms with Gasteiger partial charge in [-0.2, -0.15) is 13.2 Å². The van der Waals surface area contributed by atoms with Crippen molar-refractivity contribution in [2.45, 2.75) is 32.4 Å². The van der Waals surface area contributed by atoms with E-state index in [0.717, 1.165) is 32.4 Å². The summed E-state index contributed by atoms with van der Waals surface area (Å²) in [4.78, 5) is 15.7. The highest BCUT2D eigenvalue weighted by atomic mass is 19.4. The third-order valence-corrected chi connectivity index (χ3v) is 4.61. The molecule has 2 atom stereocenters. The van der Waals surface area contributed by atoms with E-state index in [1.165, 1.54) is 4.90 Å². The van der Waals surface area contributed by atoms with Crippen LogP contribution in [-0.2, 0) is 4.79 Å². The van der Waals surface area contributed by atoms with Crippen molar-refractivity contribution in [3.05, 3.63) is 0 Å². The maximum atomic E-state index is 12.5. The first kappa shape index (κ1) is 17.5. The highest BCUT2D eigenvalue weighted by Crippen LogP contribution is 2.23. The second kappa shape index (κ2) is 7.64. The van der Waals surface area contributed by atoms with Crippen LogP contribution in [0.4, 0.5) is 13.2 Å². The Labute approximate surface area is 130 Å². The number of carbonyl (C=O) groups is 1. The summed E-state index contributed by atoms with van der Waals surface area (Å²) in [5.41, 5.74) is 0. The predicted molar refractivity (Wildman–Crippen MR) is 78.4 cm³/mol. The highest BCUT2D eigenvalue weighted by molar-refractivity contribution is 5.79. The zero-order valence-corrected chi connectivity index (χ0v) is 13.2. The lowest BCUT2D eigenvalue weighted by molar-refractivity contribution is -0.147. The molecule has 0 spiro atoms. The summed E-state index contributed by atoms with van der Waals surface area (Å²) in [7, 11) is 0. The zero-order chi connectivity index (χ0) is 16.2. The van der Waals surface area contributed by atoms with Gasteiger partial charge in [-0.05, 0) is 38.3 Å². The molecule has 0 saturated carbocycles. The van der Waals surface area contributed by atoms with Crippen molar-refractivity contribution in [3.8, 4) is 0 Å². The molecule has 22 heavy (non-hydrogen) atoms. The number of hydrogen-bond acceptors (Lipinski definition) is 3. The molecule has 4 nitrogen and oxygen atoms in total. The molecule has 0 radical (unpaired) electrons. The van der Waals surface area contributed by atoms with Crippen LogP contribution in [0.15, 0.2) is 0 Å². The molecule has 2 aliphatic rings. The largest absolute Gasteiger partial charge is 0.401 e. The third-order valence-electron chi connectivity index (χ3n) is 4.61. The van der Waals surface area contributed by atoms with Crippen molar-refractivity contribution in [1.82, 2.24) is 15.1 Å². The Morgan fingerprint density at radius 2 is 2.14 bits per heavy atom. The minimum absolute atomic E-state index is 0.0463. The summed E-state index contributed by atoms with van der Waals surface area (Å²) in [6, 6.07) is 0. The van der Waals surface area contributed by atoms with E-state index in [2.05, 4.69) is 5.32 Å². The third kappa shape index (κ3) is 5.12. The fraction of sp³-hybridized carbons (Fsp3) is 0.933. The fourth-order valence-corrected chi connectivity index (χ4v) is 3.43. The van der Waals surface area contributed by atoms with Crippen LogP contribution < -0.4 is 5.32 Å². The monoisotopic (exact) mass is 321 g/mol. The number of amides is 1. The normalized spacial score (nSPS) is 26.7. The number of piperidine rings is 1. The lowest BCUT2D eigenvalue weighted by Crippen LogP contribution is -2.43. The molecular weight excluding hydrogens is 295 g/mol. The minimum Gasteiger partial charge on any atom is -0.342 e. The molecule has 0 bridgehead atoms. The summed E-state index contributed by atoms with van der Waals surface area (Å²) in [6.45, 7) is 4.68. The summed E-state index contributed by atoms with van der Waals surface area (Å²) < 4.78 is 37.5. The maximum Gasteiger partial charge on any atom is 0.401 e. The van der Waals surface area contributed by atoms with Crippen LogP contribution in [0.25, 0.3) is 0 Å². The summed E-state index contributed by atoms with van der Waals surface area (Å²) in [5.74, 6) is 0.376. The smallest absolute Gasteiger partial charge is 0.342 e. The molecule has 2 heterocycles. The average molecular weight is 321 g/mol. The number of carbonyl (C=O) groups excluding carboxylic acids is 1. The fourth-order valence-electron chi connectivity index (χ4n) is 3.43. The Balaban J connectivity index is 1.80. The van der Waals surface area contributed by atoms with Crippen molar-refractivity contribution in [2.75, 3.05) is 45.8 Å². The molecule has 0 aromatic carbocycles. The topological polar surface area (TPSA) is 35.6 Å². The number of halogens is 3. The molecule has 0 aromatic heterocycles. The van der Waals surface area contributed by atoms with Crippen LogP contribution in [0.1, 0.15) is 26.2 Å². The number of hydrogen-bond donors (Lipinski definition) is 1. The molecular formula is C15H26F3N3O. The van der Waals surface area contributed by atoms with Gasteiger partial charge < -0.3 is 10.2 Å². The van der Waals surface area contributed by atoms with Gasteiger partial charge in [0.25, 0.3) is 0 Å². The highest BCUT2D eigenvalue weighted by Gasteiger charge is 2.34. The van der Waals surface area contributed by atoms with E-state index in [4.69, 9.17) is 0 Å². The molecule has 2 rings (SSSR count). The standard InChI is InChI=1S/C15H26F3N3O/c1-2-20(11-15(16,17)18)9-12-5-7-21(10-12)14(22)13-4-3-6-19-8-13/h12-13,19H,2-11H2,1H3. The van der Waals surface area contributed by atoms with Gasteiger partial charge in [-0.25, -0.2) is 0 Å². The average Bonchev–Trinajstić information content (AvgIpc) is 2.93. The first-order chi connectivity index (χ1) is 10.4. The molecule has 2 aliphatic heterocycles. The molecule has 0 aliphatic carbocycles. The first-order valence-electron chi connectivity index (χ1n) is 8.17. The van der Waals surface area contributed by atoms with E-state index in [0.29, 0.717) is 26.2 Å². The van der Waals surface area contributed by atoms with Gasteiger partial charge in [-0.3, -0.25) is 9.69 Å². The number of rotatable bonds is 5. The zero-order valence-electron chi connectivity index (χ0n) is 13.2. The Hall–Kier alpha value is -0.820. The van der Waals surface area contributed by atoms with Crippen molar-refractivity contribution in [2.24, 2.45) is 11.8 Å². The van der Waals surface area contributed by atoms with Crippen molar-refractivity contribution < 1.29 is 18.0 Å². The summed E-state index contributed by atoms with van der Waals surface area (Å²) >= 11 is 0. The Morgan fingerprint density at radius 3 is 2.73 bits per heavy atom. The molecule has 7 heteroatoms. The lowest BCUT2D eigenvalue weighted by Gasteiger charge is -2.28. The van der Waals surface area contributed by atoms with Crippen molar-refractivity contribution in [3.63, 3.8) is 0 Å². The lowest BCUT2D eigenvalue weighted by atomic mass is 9.98. The molecule has 2 fully saturated rings. The van der Waals surface area contributed by atoms with Gasteiger partial charge in [0.1, 0.15) is 0 Å². The van der Waals surface area contributed by atoms with Crippen LogP contribution >= 0.6 is 0 Å². The van der Waals surface area contributed by atoms with Gasteiger partial charge in [-0.1, -0.05) is 6.92 Å². The Morgan fingerprint density at radius 1 is 1.36 bits per heavy atom. The van der Waals surface area contributed by atoms with E-state index in [1.807, 2.05) is 4.90 Å². The molecule has 128 valence electrons. The van der Waals surface area contributed by atoms with Crippen molar-refractivity contribution in [1.29, 1.82) is 0 Å². The van der Waals surface area contributed by atoms with E-state index in [9.17, 15) is 18.0 Å². The summed E-state index contributed by atoms with van der Waals surface area (Å²) in [6.07, 6.45) is -1.41. The van der Waals surface area contributed by atoms with Crippen LogP contribution in [0.2, 0.25) is 0 Å². The molecule has 1 N–H and O–H groups in total. The number of nitrogens with zero attached hydrogens (tertiary/aromatic N) is 2. The van der Waals surface area contributed by atoms with Crippen LogP contribution in [0, 0.1) is 11.8 Å². The van der Waals surface area contributed by atoms with Gasteiger partial charge >= 0.3 is 6.18 Å². The molecule has 0 aromatic rings. The predicted octanol–water partition coefficient (Wildman–Crippen LogP) is 1.72. The Kier molecular flexibility index (Phi) is 6.09. The molecule has 1 amide bonds. The van der Waals surface area contributed by atoms with Gasteiger partial charge in [-0.15, -0.1) is 0 Å². The second-order valence-corrected chi connectivity index (χ2v) is 6.43. The van der Waals surface area contributed by atoms with Gasteiger partial charge in [0.2, 0.25) is 5.91 Å². The van der Waals surface area contributed by atoms with Crippen LogP contribution in [0.5, 0.6) is 0 Å². The summed E-state index contributed by atoms with van der Waals surface area (Å²) in [5, 5.41) is 3.24. The number of nitrogens with one attached hydrogen (secondary N) is 1. The first-order valence-corrected chi connectivity index (χ1v) is 8.17. The van der Waals surface area contributed by atoms with E-state index in [1.54, 1.807) is 6.92 Å². The van der Waals surface area contributed by atoms with Crippen molar-refractivity contribution >= 4 is 5.91 Å². The second-order valence-electron chi connectivity index (χ2n) is 6.43. The van der Waals surface area contributed by atoms with E-state index >= 15 is 0 Å². The maximum absolute atomic E-state index is 12.5. The molecule has 2 unspecified atom stereocenters. The van der Waals surface area contributed by atoms with Crippen LogP contribution in [-0.4, -0.2) is 67.7 Å². The van der Waals surface area contributed by atoms with Gasteiger partial charge in [0.05, 0.1) is 12.5 Å². The minimum atomic E-state index is -4.15.